The van der Waals surface area contributed by atoms with Crippen LogP contribution in [0.1, 0.15) is 34.2 Å². The Labute approximate surface area is 142 Å². The molecule has 124 valence electrons. The molecular formula is C19H22N4O. The van der Waals surface area contributed by atoms with E-state index in [4.69, 9.17) is 0 Å². The van der Waals surface area contributed by atoms with E-state index >= 15 is 0 Å². The van der Waals surface area contributed by atoms with Gasteiger partial charge in [0.2, 0.25) is 0 Å². The summed E-state index contributed by atoms with van der Waals surface area (Å²) in [5, 5.41) is 18.4. The third-order valence-electron chi connectivity index (χ3n) is 4.11. The van der Waals surface area contributed by atoms with Gasteiger partial charge in [0.1, 0.15) is 6.10 Å². The number of nitrogens with zero attached hydrogens (tertiary/aromatic N) is 3. The summed E-state index contributed by atoms with van der Waals surface area (Å²) in [7, 11) is 1.92. The first-order valence-electron chi connectivity index (χ1n) is 7.97. The molecule has 5 nitrogen and oxygen atoms in total. The SMILES string of the molecule is Cc1ccc(C(O)c2ccccn2)cc1NCc1nn(C)cc1C. The number of aromatic nitrogens is 3. The second-order valence-electron chi connectivity index (χ2n) is 6.02. The molecule has 24 heavy (non-hydrogen) atoms. The lowest BCUT2D eigenvalue weighted by molar-refractivity contribution is 0.215. The van der Waals surface area contributed by atoms with Gasteiger partial charge in [0.15, 0.2) is 0 Å². The summed E-state index contributed by atoms with van der Waals surface area (Å²) in [6.45, 7) is 4.75. The van der Waals surface area contributed by atoms with E-state index in [-0.39, 0.29) is 0 Å². The largest absolute Gasteiger partial charge is 0.382 e. The van der Waals surface area contributed by atoms with Gasteiger partial charge >= 0.3 is 0 Å². The Bertz CT molecular complexity index is 827. The Morgan fingerprint density at radius 2 is 2.00 bits per heavy atom. The van der Waals surface area contributed by atoms with Crippen molar-refractivity contribution in [2.45, 2.75) is 26.5 Å². The van der Waals surface area contributed by atoms with Crippen molar-refractivity contribution in [2.24, 2.45) is 7.05 Å². The molecule has 5 heteroatoms. The van der Waals surface area contributed by atoms with E-state index in [9.17, 15) is 5.11 Å². The minimum atomic E-state index is -0.732. The molecule has 0 fully saturated rings. The van der Waals surface area contributed by atoms with Gasteiger partial charge < -0.3 is 10.4 Å². The molecule has 2 aromatic heterocycles. The van der Waals surface area contributed by atoms with Crippen LogP contribution >= 0.6 is 0 Å². The molecule has 0 spiro atoms. The van der Waals surface area contributed by atoms with E-state index in [1.807, 2.05) is 61.2 Å². The fourth-order valence-electron chi connectivity index (χ4n) is 2.72. The van der Waals surface area contributed by atoms with Crippen LogP contribution in [0.3, 0.4) is 0 Å². The van der Waals surface area contributed by atoms with Crippen LogP contribution in [-0.2, 0) is 13.6 Å². The van der Waals surface area contributed by atoms with E-state index in [0.29, 0.717) is 12.2 Å². The number of aryl methyl sites for hydroxylation is 3. The zero-order valence-electron chi connectivity index (χ0n) is 14.2. The monoisotopic (exact) mass is 322 g/mol. The minimum Gasteiger partial charge on any atom is -0.382 e. The van der Waals surface area contributed by atoms with Crippen LogP contribution in [0.15, 0.2) is 48.8 Å². The van der Waals surface area contributed by atoms with Crippen LogP contribution in [0.25, 0.3) is 0 Å². The molecule has 0 bridgehead atoms. The van der Waals surface area contributed by atoms with Crippen molar-refractivity contribution >= 4 is 5.69 Å². The Hall–Kier alpha value is -2.66. The molecule has 1 unspecified atom stereocenters. The van der Waals surface area contributed by atoms with Gasteiger partial charge in [0.25, 0.3) is 0 Å². The van der Waals surface area contributed by atoms with Gasteiger partial charge in [-0.1, -0.05) is 18.2 Å². The van der Waals surface area contributed by atoms with E-state index in [2.05, 4.69) is 22.3 Å². The molecule has 0 aliphatic heterocycles. The number of hydrogen-bond donors (Lipinski definition) is 2. The lowest BCUT2D eigenvalue weighted by Gasteiger charge is -2.15. The Balaban J connectivity index is 1.80. The van der Waals surface area contributed by atoms with Crippen molar-refractivity contribution in [3.8, 4) is 0 Å². The van der Waals surface area contributed by atoms with Crippen molar-refractivity contribution < 1.29 is 5.11 Å². The van der Waals surface area contributed by atoms with Crippen LogP contribution in [0, 0.1) is 13.8 Å². The van der Waals surface area contributed by atoms with E-state index < -0.39 is 6.10 Å². The Kier molecular flexibility index (Phi) is 4.62. The van der Waals surface area contributed by atoms with Gasteiger partial charge in [-0.2, -0.15) is 5.10 Å². The van der Waals surface area contributed by atoms with Gasteiger partial charge in [0, 0.05) is 25.1 Å². The number of aliphatic hydroxyl groups is 1. The van der Waals surface area contributed by atoms with Gasteiger partial charge in [-0.3, -0.25) is 9.67 Å². The average Bonchev–Trinajstić information content (AvgIpc) is 2.92. The maximum absolute atomic E-state index is 10.5. The molecular weight excluding hydrogens is 300 g/mol. The zero-order chi connectivity index (χ0) is 17.1. The number of pyridine rings is 1. The van der Waals surface area contributed by atoms with Gasteiger partial charge in [0.05, 0.1) is 17.9 Å². The van der Waals surface area contributed by atoms with E-state index in [1.54, 1.807) is 6.20 Å². The number of rotatable bonds is 5. The number of aliphatic hydroxyl groups excluding tert-OH is 1. The van der Waals surface area contributed by atoms with Gasteiger partial charge in [-0.05, 0) is 48.7 Å². The quantitative estimate of drug-likeness (QED) is 0.757. The fraction of sp³-hybridized carbons (Fsp3) is 0.263. The summed E-state index contributed by atoms with van der Waals surface area (Å²) in [6.07, 6.45) is 2.96. The Morgan fingerprint density at radius 3 is 2.67 bits per heavy atom. The third-order valence-corrected chi connectivity index (χ3v) is 4.11. The molecule has 3 aromatic rings. The highest BCUT2D eigenvalue weighted by molar-refractivity contribution is 5.54. The summed E-state index contributed by atoms with van der Waals surface area (Å²) < 4.78 is 1.82. The standard InChI is InChI=1S/C19H22N4O/c1-13-7-8-15(19(24)16-6-4-5-9-20-16)10-17(13)21-11-18-14(2)12-23(3)22-18/h4-10,12,19,21,24H,11H2,1-3H3. The zero-order valence-corrected chi connectivity index (χ0v) is 14.2. The fourth-order valence-corrected chi connectivity index (χ4v) is 2.72. The van der Waals surface area contributed by atoms with Crippen molar-refractivity contribution in [2.75, 3.05) is 5.32 Å². The second-order valence-corrected chi connectivity index (χ2v) is 6.02. The van der Waals surface area contributed by atoms with E-state index in [1.165, 1.54) is 0 Å². The van der Waals surface area contributed by atoms with Crippen LogP contribution in [0.5, 0.6) is 0 Å². The third kappa shape index (κ3) is 3.46. The highest BCUT2D eigenvalue weighted by Gasteiger charge is 2.13. The molecule has 2 N–H and O–H groups in total. The molecule has 3 rings (SSSR count). The van der Waals surface area contributed by atoms with Crippen LogP contribution in [-0.4, -0.2) is 19.9 Å². The smallest absolute Gasteiger partial charge is 0.121 e. The van der Waals surface area contributed by atoms with Crippen LogP contribution < -0.4 is 5.32 Å². The van der Waals surface area contributed by atoms with Crippen molar-refractivity contribution in [3.05, 3.63) is 76.9 Å². The number of hydrogen-bond acceptors (Lipinski definition) is 4. The molecule has 2 heterocycles. The summed E-state index contributed by atoms with van der Waals surface area (Å²) in [5.41, 5.74) is 5.76. The van der Waals surface area contributed by atoms with Gasteiger partial charge in [-0.15, -0.1) is 0 Å². The maximum Gasteiger partial charge on any atom is 0.121 e. The molecule has 0 aliphatic carbocycles. The summed E-state index contributed by atoms with van der Waals surface area (Å²) in [4.78, 5) is 4.23. The number of anilines is 1. The highest BCUT2D eigenvalue weighted by atomic mass is 16.3. The van der Waals surface area contributed by atoms with Gasteiger partial charge in [-0.25, -0.2) is 0 Å². The topological polar surface area (TPSA) is 63.0 Å². The molecule has 0 saturated carbocycles. The van der Waals surface area contributed by atoms with E-state index in [0.717, 1.165) is 28.1 Å². The Morgan fingerprint density at radius 1 is 1.17 bits per heavy atom. The molecule has 0 saturated heterocycles. The highest BCUT2D eigenvalue weighted by Crippen LogP contribution is 2.25. The first-order valence-corrected chi connectivity index (χ1v) is 7.97. The summed E-state index contributed by atoms with van der Waals surface area (Å²) in [5.74, 6) is 0. The molecule has 0 radical (unpaired) electrons. The summed E-state index contributed by atoms with van der Waals surface area (Å²) >= 11 is 0. The minimum absolute atomic E-state index is 0.646. The van der Waals surface area contributed by atoms with Crippen molar-refractivity contribution in [1.29, 1.82) is 0 Å². The summed E-state index contributed by atoms with van der Waals surface area (Å²) in [6, 6.07) is 11.5. The average molecular weight is 322 g/mol. The predicted molar refractivity (Wildman–Crippen MR) is 94.7 cm³/mol. The van der Waals surface area contributed by atoms with Crippen LogP contribution in [0.4, 0.5) is 5.69 Å². The molecule has 1 aromatic carbocycles. The van der Waals surface area contributed by atoms with Crippen molar-refractivity contribution in [1.82, 2.24) is 14.8 Å². The molecule has 0 aliphatic rings. The lowest BCUT2D eigenvalue weighted by Crippen LogP contribution is -2.06. The normalized spacial score (nSPS) is 12.2. The lowest BCUT2D eigenvalue weighted by atomic mass is 10.0. The first kappa shape index (κ1) is 16.2. The first-order chi connectivity index (χ1) is 11.5. The predicted octanol–water partition coefficient (Wildman–Crippen LogP) is 3.13. The number of benzene rings is 1. The number of nitrogens with one attached hydrogen (secondary N) is 1. The van der Waals surface area contributed by atoms with Crippen LogP contribution in [0.2, 0.25) is 0 Å². The molecule has 0 amide bonds. The second kappa shape index (κ2) is 6.84. The maximum atomic E-state index is 10.5. The van der Waals surface area contributed by atoms with Crippen molar-refractivity contribution in [3.63, 3.8) is 0 Å². The molecule has 1 atom stereocenters.